The number of carbonyl (C=O) groups is 2. The fraction of sp³-hybridized carbons (Fsp3) is 0.818. The van der Waals surface area contributed by atoms with E-state index < -0.39 is 6.04 Å². The average Bonchev–Trinajstić information content (AvgIpc) is 2.30. The molecule has 0 aliphatic rings. The van der Waals surface area contributed by atoms with Crippen LogP contribution in [0.25, 0.3) is 0 Å². The lowest BCUT2D eigenvalue weighted by molar-refractivity contribution is -0.135. The van der Waals surface area contributed by atoms with Crippen LogP contribution in [0.5, 0.6) is 0 Å². The Bertz CT molecular complexity index is 262. The van der Waals surface area contributed by atoms with Crippen LogP contribution in [-0.2, 0) is 9.59 Å². The molecule has 2 unspecified atom stereocenters. The molecule has 100 valence electrons. The molecule has 0 rings (SSSR count). The number of likely N-dealkylation sites (N-methyl/N-ethyl adjacent to an activating group) is 1. The lowest BCUT2D eigenvalue weighted by Crippen LogP contribution is -2.50. The normalized spacial score (nSPS) is 13.9. The molecule has 0 aromatic rings. The van der Waals surface area contributed by atoms with Gasteiger partial charge in [0.15, 0.2) is 0 Å². The van der Waals surface area contributed by atoms with Crippen LogP contribution in [0.1, 0.15) is 20.3 Å². The first-order chi connectivity index (χ1) is 7.93. The molecule has 0 aliphatic carbocycles. The second-order valence-electron chi connectivity index (χ2n) is 4.02. The molecule has 0 saturated carbocycles. The molecule has 0 aromatic heterocycles. The van der Waals surface area contributed by atoms with E-state index in [4.69, 9.17) is 0 Å². The molecule has 0 bridgehead atoms. The van der Waals surface area contributed by atoms with E-state index in [1.807, 2.05) is 13.2 Å². The third-order valence-corrected chi connectivity index (χ3v) is 3.62. The van der Waals surface area contributed by atoms with Crippen molar-refractivity contribution in [2.75, 3.05) is 24.8 Å². The summed E-state index contributed by atoms with van der Waals surface area (Å²) >= 11 is 5.86. The highest BCUT2D eigenvalue weighted by Gasteiger charge is 2.24. The molecule has 0 spiro atoms. The van der Waals surface area contributed by atoms with Crippen LogP contribution in [-0.4, -0.2) is 53.6 Å². The molecule has 0 heterocycles. The van der Waals surface area contributed by atoms with E-state index in [2.05, 4.69) is 17.9 Å². The minimum absolute atomic E-state index is 0.0798. The van der Waals surface area contributed by atoms with E-state index in [0.29, 0.717) is 5.75 Å². The van der Waals surface area contributed by atoms with Gasteiger partial charge in [0.25, 0.3) is 0 Å². The van der Waals surface area contributed by atoms with Crippen molar-refractivity contribution < 1.29 is 9.59 Å². The van der Waals surface area contributed by atoms with Gasteiger partial charge >= 0.3 is 0 Å². The van der Waals surface area contributed by atoms with Crippen LogP contribution >= 0.6 is 24.4 Å². The average molecular weight is 278 g/mol. The van der Waals surface area contributed by atoms with Gasteiger partial charge in [0.2, 0.25) is 11.8 Å². The molecule has 4 nitrogen and oxygen atoms in total. The number of nitrogens with zero attached hydrogens (tertiary/aromatic N) is 1. The van der Waals surface area contributed by atoms with Gasteiger partial charge in [-0.25, -0.2) is 0 Å². The highest BCUT2D eigenvalue weighted by atomic mass is 32.2. The van der Waals surface area contributed by atoms with E-state index in [-0.39, 0.29) is 17.9 Å². The Balaban J connectivity index is 4.38. The topological polar surface area (TPSA) is 49.4 Å². The number of thiol groups is 1. The predicted octanol–water partition coefficient (Wildman–Crippen LogP) is 1.02. The molecule has 1 N–H and O–H groups in total. The van der Waals surface area contributed by atoms with Gasteiger partial charge in [-0.15, -0.1) is 0 Å². The SMILES string of the molecule is CSCCC(C)N(C)C(=O)C(CS)NC(C)=O. The van der Waals surface area contributed by atoms with Gasteiger partial charge in [-0.1, -0.05) is 0 Å². The largest absolute Gasteiger partial charge is 0.344 e. The first-order valence-corrected chi connectivity index (χ1v) is 7.60. The molecule has 6 heteroatoms. The zero-order valence-corrected chi connectivity index (χ0v) is 12.6. The maximum absolute atomic E-state index is 12.1. The van der Waals surface area contributed by atoms with Gasteiger partial charge < -0.3 is 10.2 Å². The van der Waals surface area contributed by atoms with Crippen molar-refractivity contribution in [3.8, 4) is 0 Å². The minimum Gasteiger partial charge on any atom is -0.344 e. The number of amides is 2. The van der Waals surface area contributed by atoms with Crippen molar-refractivity contribution in [3.63, 3.8) is 0 Å². The number of rotatable bonds is 7. The van der Waals surface area contributed by atoms with E-state index in [9.17, 15) is 9.59 Å². The molecule has 0 saturated heterocycles. The molecule has 0 radical (unpaired) electrons. The number of carbonyl (C=O) groups excluding carboxylic acids is 2. The summed E-state index contributed by atoms with van der Waals surface area (Å²) in [7, 11) is 1.77. The van der Waals surface area contributed by atoms with Crippen LogP contribution in [0, 0.1) is 0 Å². The van der Waals surface area contributed by atoms with Gasteiger partial charge in [0.1, 0.15) is 6.04 Å². The standard InChI is InChI=1S/C11H22N2O2S2/c1-8(5-6-17-4)13(3)11(15)10(7-16)12-9(2)14/h8,10,16H,5-7H2,1-4H3,(H,12,14). The van der Waals surface area contributed by atoms with E-state index in [1.54, 1.807) is 23.7 Å². The van der Waals surface area contributed by atoms with Crippen molar-refractivity contribution in [2.24, 2.45) is 0 Å². The van der Waals surface area contributed by atoms with Crippen LogP contribution < -0.4 is 5.32 Å². The van der Waals surface area contributed by atoms with Crippen LogP contribution in [0.3, 0.4) is 0 Å². The summed E-state index contributed by atoms with van der Waals surface area (Å²) in [5, 5.41) is 2.61. The summed E-state index contributed by atoms with van der Waals surface area (Å²) in [6.07, 6.45) is 2.99. The Morgan fingerprint density at radius 2 is 2.06 bits per heavy atom. The molecule has 2 atom stereocenters. The zero-order chi connectivity index (χ0) is 13.4. The van der Waals surface area contributed by atoms with Crippen molar-refractivity contribution in [2.45, 2.75) is 32.4 Å². The maximum atomic E-state index is 12.1. The van der Waals surface area contributed by atoms with Gasteiger partial charge in [-0.2, -0.15) is 24.4 Å². The summed E-state index contributed by atoms with van der Waals surface area (Å²) in [5.41, 5.74) is 0. The number of thioether (sulfide) groups is 1. The third-order valence-electron chi connectivity index (χ3n) is 2.61. The second-order valence-corrected chi connectivity index (χ2v) is 5.37. The fourth-order valence-electron chi connectivity index (χ4n) is 1.38. The molecule has 0 fully saturated rings. The summed E-state index contributed by atoms with van der Waals surface area (Å²) < 4.78 is 0. The molecule has 17 heavy (non-hydrogen) atoms. The third kappa shape index (κ3) is 6.21. The molecule has 0 aromatic carbocycles. The fourth-order valence-corrected chi connectivity index (χ4v) is 2.20. The minimum atomic E-state index is -0.530. The van der Waals surface area contributed by atoms with Crippen molar-refractivity contribution in [1.82, 2.24) is 10.2 Å². The van der Waals surface area contributed by atoms with Gasteiger partial charge in [0, 0.05) is 25.8 Å². The number of hydrogen-bond donors (Lipinski definition) is 2. The molecule has 0 aliphatic heterocycles. The highest BCUT2D eigenvalue weighted by molar-refractivity contribution is 7.98. The summed E-state index contributed by atoms with van der Waals surface area (Å²) in [6, 6.07) is -0.358. The Hall–Kier alpha value is -0.360. The highest BCUT2D eigenvalue weighted by Crippen LogP contribution is 2.08. The zero-order valence-electron chi connectivity index (χ0n) is 10.9. The van der Waals surface area contributed by atoms with Crippen molar-refractivity contribution in [1.29, 1.82) is 0 Å². The second kappa shape index (κ2) is 8.69. The monoisotopic (exact) mass is 278 g/mol. The Kier molecular flexibility index (Phi) is 8.51. The summed E-state index contributed by atoms with van der Waals surface area (Å²) in [6.45, 7) is 3.42. The van der Waals surface area contributed by atoms with Crippen molar-refractivity contribution >= 4 is 36.2 Å². The summed E-state index contributed by atoms with van der Waals surface area (Å²) in [5.74, 6) is 1.05. The van der Waals surface area contributed by atoms with Crippen LogP contribution in [0.15, 0.2) is 0 Å². The lowest BCUT2D eigenvalue weighted by atomic mass is 10.2. The first kappa shape index (κ1) is 16.6. The quantitative estimate of drug-likeness (QED) is 0.684. The Morgan fingerprint density at radius 1 is 1.47 bits per heavy atom. The smallest absolute Gasteiger partial charge is 0.245 e. The van der Waals surface area contributed by atoms with Gasteiger partial charge in [0.05, 0.1) is 0 Å². The summed E-state index contributed by atoms with van der Waals surface area (Å²) in [4.78, 5) is 24.7. The molecule has 2 amide bonds. The predicted molar refractivity (Wildman–Crippen MR) is 76.7 cm³/mol. The van der Waals surface area contributed by atoms with Crippen molar-refractivity contribution in [3.05, 3.63) is 0 Å². The Morgan fingerprint density at radius 3 is 2.47 bits per heavy atom. The Labute approximate surface area is 113 Å². The number of nitrogens with one attached hydrogen (secondary N) is 1. The van der Waals surface area contributed by atoms with E-state index in [0.717, 1.165) is 12.2 Å². The van der Waals surface area contributed by atoms with E-state index in [1.165, 1.54) is 6.92 Å². The lowest BCUT2D eigenvalue weighted by Gasteiger charge is -2.28. The maximum Gasteiger partial charge on any atom is 0.245 e. The first-order valence-electron chi connectivity index (χ1n) is 5.57. The molecular weight excluding hydrogens is 256 g/mol. The van der Waals surface area contributed by atoms with Crippen LogP contribution in [0.2, 0.25) is 0 Å². The van der Waals surface area contributed by atoms with Crippen LogP contribution in [0.4, 0.5) is 0 Å². The number of hydrogen-bond acceptors (Lipinski definition) is 4. The van der Waals surface area contributed by atoms with Gasteiger partial charge in [-0.05, 0) is 25.4 Å². The van der Waals surface area contributed by atoms with E-state index >= 15 is 0 Å². The molecular formula is C11H22N2O2S2. The van der Waals surface area contributed by atoms with Gasteiger partial charge in [-0.3, -0.25) is 9.59 Å².